The molecule has 33 heavy (non-hydrogen) atoms. The molecule has 0 atom stereocenters. The number of carbonyl (C=O) groups excluding carboxylic acids is 2. The molecular formula is C25H24N4O4. The molecule has 2 amide bonds. The predicted molar refractivity (Wildman–Crippen MR) is 123 cm³/mol. The van der Waals surface area contributed by atoms with E-state index in [1.54, 1.807) is 46.1 Å². The van der Waals surface area contributed by atoms with Crippen molar-refractivity contribution in [3.05, 3.63) is 72.6 Å². The van der Waals surface area contributed by atoms with Crippen LogP contribution in [-0.2, 0) is 9.59 Å². The average Bonchev–Trinajstić information content (AvgIpc) is 3.52. The Morgan fingerprint density at radius 1 is 1.03 bits per heavy atom. The first-order chi connectivity index (χ1) is 16.2. The third-order valence-corrected chi connectivity index (χ3v) is 5.86. The monoisotopic (exact) mass is 444 g/mol. The van der Waals surface area contributed by atoms with Crippen molar-refractivity contribution >= 4 is 23.6 Å². The lowest BCUT2D eigenvalue weighted by Gasteiger charge is -2.30. The van der Waals surface area contributed by atoms with Crippen LogP contribution in [0.5, 0.6) is 11.5 Å². The molecule has 0 radical (unpaired) electrons. The highest BCUT2D eigenvalue weighted by Gasteiger charge is 2.27. The Hall–Kier alpha value is -4.07. The lowest BCUT2D eigenvalue weighted by atomic mass is 9.95. The van der Waals surface area contributed by atoms with Gasteiger partial charge in [-0.3, -0.25) is 9.59 Å². The molecule has 8 nitrogen and oxygen atoms in total. The van der Waals surface area contributed by atoms with E-state index in [0.29, 0.717) is 43.1 Å². The fourth-order valence-electron chi connectivity index (χ4n) is 4.00. The third kappa shape index (κ3) is 4.74. The summed E-state index contributed by atoms with van der Waals surface area (Å²) in [6.45, 7) is 1.29. The number of piperidine rings is 1. The van der Waals surface area contributed by atoms with Crippen LogP contribution in [0.2, 0.25) is 0 Å². The summed E-state index contributed by atoms with van der Waals surface area (Å²) < 4.78 is 12.4. The van der Waals surface area contributed by atoms with Crippen molar-refractivity contribution in [2.24, 2.45) is 5.92 Å². The quantitative estimate of drug-likeness (QED) is 0.609. The molecule has 1 fully saturated rings. The predicted octanol–water partition coefficient (Wildman–Crippen LogP) is 3.49. The van der Waals surface area contributed by atoms with E-state index in [9.17, 15) is 9.59 Å². The molecule has 0 unspecified atom stereocenters. The van der Waals surface area contributed by atoms with Gasteiger partial charge in [-0.1, -0.05) is 18.2 Å². The number of carbonyl (C=O) groups is 2. The third-order valence-electron chi connectivity index (χ3n) is 5.86. The number of hydrogen-bond acceptors (Lipinski definition) is 5. The van der Waals surface area contributed by atoms with Crippen LogP contribution in [-0.4, -0.2) is 46.4 Å². The minimum absolute atomic E-state index is 0.0372. The molecule has 0 saturated carbocycles. The van der Waals surface area contributed by atoms with Crippen molar-refractivity contribution in [2.75, 3.05) is 25.2 Å². The Balaban J connectivity index is 1.12. The SMILES string of the molecule is O=C(Nc1ccc2c(c1)OCO2)C1CCN(C(=O)/C=C/c2cnn(-c3ccccc3)c2)CC1. The molecule has 1 aromatic heterocycles. The van der Waals surface area contributed by atoms with Gasteiger partial charge >= 0.3 is 0 Å². The van der Waals surface area contributed by atoms with Gasteiger partial charge in [0.25, 0.3) is 0 Å². The van der Waals surface area contributed by atoms with Crippen LogP contribution in [0, 0.1) is 5.92 Å². The molecule has 2 aliphatic rings. The van der Waals surface area contributed by atoms with Crippen LogP contribution >= 0.6 is 0 Å². The number of ether oxygens (including phenoxy) is 2. The Labute approximate surface area is 191 Å². The van der Waals surface area contributed by atoms with Crippen molar-refractivity contribution in [2.45, 2.75) is 12.8 Å². The van der Waals surface area contributed by atoms with Crippen LogP contribution < -0.4 is 14.8 Å². The highest BCUT2D eigenvalue weighted by Crippen LogP contribution is 2.34. The van der Waals surface area contributed by atoms with Gasteiger partial charge in [-0.15, -0.1) is 0 Å². The van der Waals surface area contributed by atoms with E-state index in [-0.39, 0.29) is 24.5 Å². The summed E-state index contributed by atoms with van der Waals surface area (Å²) in [4.78, 5) is 27.1. The number of aromatic nitrogens is 2. The molecule has 2 aliphatic heterocycles. The van der Waals surface area contributed by atoms with E-state index in [0.717, 1.165) is 11.3 Å². The standard InChI is InChI=1S/C25H24N4O4/c30-24(9-6-18-15-26-29(16-18)21-4-2-1-3-5-21)28-12-10-19(11-13-28)25(31)27-20-7-8-22-23(14-20)33-17-32-22/h1-9,14-16,19H,10-13,17H2,(H,27,31)/b9-6+. The first kappa shape index (κ1) is 20.8. The van der Waals surface area contributed by atoms with Gasteiger partial charge in [0.2, 0.25) is 18.6 Å². The molecule has 1 N–H and O–H groups in total. The van der Waals surface area contributed by atoms with Gasteiger partial charge in [0.1, 0.15) is 0 Å². The lowest BCUT2D eigenvalue weighted by molar-refractivity contribution is -0.130. The molecule has 0 aliphatic carbocycles. The molecule has 8 heteroatoms. The van der Waals surface area contributed by atoms with Gasteiger partial charge in [0, 0.05) is 48.6 Å². The van der Waals surface area contributed by atoms with Crippen LogP contribution in [0.1, 0.15) is 18.4 Å². The molecule has 0 bridgehead atoms. The number of para-hydroxylation sites is 1. The summed E-state index contributed by atoms with van der Waals surface area (Å²) >= 11 is 0. The van der Waals surface area contributed by atoms with Crippen molar-refractivity contribution in [1.82, 2.24) is 14.7 Å². The Morgan fingerprint density at radius 2 is 1.82 bits per heavy atom. The number of likely N-dealkylation sites (tertiary alicyclic amines) is 1. The van der Waals surface area contributed by atoms with Gasteiger partial charge in [0.05, 0.1) is 11.9 Å². The van der Waals surface area contributed by atoms with Crippen LogP contribution in [0.15, 0.2) is 67.0 Å². The summed E-state index contributed by atoms with van der Waals surface area (Å²) in [6.07, 6.45) is 8.20. The molecule has 3 aromatic rings. The topological polar surface area (TPSA) is 85.7 Å². The van der Waals surface area contributed by atoms with E-state index < -0.39 is 0 Å². The lowest BCUT2D eigenvalue weighted by Crippen LogP contribution is -2.40. The van der Waals surface area contributed by atoms with Gasteiger partial charge in [-0.25, -0.2) is 4.68 Å². The second kappa shape index (κ2) is 9.20. The summed E-state index contributed by atoms with van der Waals surface area (Å²) in [6, 6.07) is 15.2. The van der Waals surface area contributed by atoms with Gasteiger partial charge < -0.3 is 19.7 Å². The van der Waals surface area contributed by atoms with Gasteiger partial charge in [0.15, 0.2) is 11.5 Å². The maximum atomic E-state index is 12.7. The Kier molecular flexibility index (Phi) is 5.80. The Bertz CT molecular complexity index is 1180. The number of amides is 2. The van der Waals surface area contributed by atoms with Crippen molar-refractivity contribution in [3.8, 4) is 17.2 Å². The van der Waals surface area contributed by atoms with Crippen LogP contribution in [0.3, 0.4) is 0 Å². The van der Waals surface area contributed by atoms with E-state index >= 15 is 0 Å². The summed E-state index contributed by atoms with van der Waals surface area (Å²) in [5.74, 6) is 1.09. The number of benzene rings is 2. The number of anilines is 1. The maximum Gasteiger partial charge on any atom is 0.246 e. The first-order valence-corrected chi connectivity index (χ1v) is 10.9. The Morgan fingerprint density at radius 3 is 2.64 bits per heavy atom. The van der Waals surface area contributed by atoms with Gasteiger partial charge in [-0.2, -0.15) is 5.10 Å². The minimum atomic E-state index is -0.132. The number of nitrogens with zero attached hydrogens (tertiary/aromatic N) is 3. The van der Waals surface area contributed by atoms with E-state index in [4.69, 9.17) is 9.47 Å². The summed E-state index contributed by atoms with van der Waals surface area (Å²) in [7, 11) is 0. The van der Waals surface area contributed by atoms with Crippen molar-refractivity contribution in [3.63, 3.8) is 0 Å². The zero-order valence-corrected chi connectivity index (χ0v) is 18.0. The average molecular weight is 444 g/mol. The van der Waals surface area contributed by atoms with Crippen molar-refractivity contribution in [1.29, 1.82) is 0 Å². The normalized spacial score (nSPS) is 15.7. The van der Waals surface area contributed by atoms with Crippen LogP contribution in [0.4, 0.5) is 5.69 Å². The molecular weight excluding hydrogens is 420 g/mol. The maximum absolute atomic E-state index is 12.7. The zero-order valence-electron chi connectivity index (χ0n) is 18.0. The fourth-order valence-corrected chi connectivity index (χ4v) is 4.00. The number of fused-ring (bicyclic) bond motifs is 1. The van der Waals surface area contributed by atoms with E-state index in [1.807, 2.05) is 36.5 Å². The fraction of sp³-hybridized carbons (Fsp3) is 0.240. The second-order valence-electron chi connectivity index (χ2n) is 8.04. The zero-order chi connectivity index (χ0) is 22.6. The number of hydrogen-bond donors (Lipinski definition) is 1. The molecule has 5 rings (SSSR count). The van der Waals surface area contributed by atoms with E-state index in [1.165, 1.54) is 0 Å². The van der Waals surface area contributed by atoms with E-state index in [2.05, 4.69) is 10.4 Å². The molecule has 1 saturated heterocycles. The van der Waals surface area contributed by atoms with Crippen LogP contribution in [0.25, 0.3) is 11.8 Å². The molecule has 168 valence electrons. The molecule has 3 heterocycles. The van der Waals surface area contributed by atoms with Crippen molar-refractivity contribution < 1.29 is 19.1 Å². The number of nitrogens with one attached hydrogen (secondary N) is 1. The molecule has 2 aromatic carbocycles. The minimum Gasteiger partial charge on any atom is -0.454 e. The summed E-state index contributed by atoms with van der Waals surface area (Å²) in [5.41, 5.74) is 2.50. The first-order valence-electron chi connectivity index (χ1n) is 10.9. The highest BCUT2D eigenvalue weighted by atomic mass is 16.7. The largest absolute Gasteiger partial charge is 0.454 e. The molecule has 0 spiro atoms. The smallest absolute Gasteiger partial charge is 0.246 e. The number of rotatable bonds is 5. The second-order valence-corrected chi connectivity index (χ2v) is 8.04. The summed E-state index contributed by atoms with van der Waals surface area (Å²) in [5, 5.41) is 7.29. The highest BCUT2D eigenvalue weighted by molar-refractivity contribution is 5.94. The van der Waals surface area contributed by atoms with Gasteiger partial charge in [-0.05, 0) is 43.2 Å².